The molecular weight excluding hydrogens is 184 g/mol. The van der Waals surface area contributed by atoms with Gasteiger partial charge in [0.25, 0.3) is 0 Å². The Morgan fingerprint density at radius 1 is 1.50 bits per heavy atom. The molecule has 6 nitrogen and oxygen atoms in total. The summed E-state index contributed by atoms with van der Waals surface area (Å²) >= 11 is -0.750. The summed E-state index contributed by atoms with van der Waals surface area (Å²) < 4.78 is 47.2. The second kappa shape index (κ2) is 6.81. The van der Waals surface area contributed by atoms with Crippen LogP contribution in [0.2, 0.25) is 0 Å². The number of hydrogen-bond donors (Lipinski definition) is 1. The summed E-state index contributed by atoms with van der Waals surface area (Å²) in [6.07, 6.45) is 0. The first-order chi connectivity index (χ1) is 4.47. The minimum atomic E-state index is -4.17. The van der Waals surface area contributed by atoms with Gasteiger partial charge in [0.1, 0.15) is 0 Å². The van der Waals surface area contributed by atoms with Gasteiger partial charge in [-0.25, -0.2) is 4.18 Å². The average molecular weight is 190 g/mol. The van der Waals surface area contributed by atoms with Crippen LogP contribution in [0.3, 0.4) is 0 Å². The molecule has 0 radical (unpaired) electrons. The zero-order chi connectivity index (χ0) is 8.62. The van der Waals surface area contributed by atoms with Crippen LogP contribution in [0.15, 0.2) is 0 Å². The monoisotopic (exact) mass is 190 g/mol. The lowest BCUT2D eigenvalue weighted by molar-refractivity contribution is 0.283. The molecule has 1 N–H and O–H groups in total. The first kappa shape index (κ1) is 12.4. The minimum absolute atomic E-state index is 0.0289. The number of rotatable bonds is 2. The molecule has 0 spiro atoms. The van der Waals surface area contributed by atoms with E-state index in [1.807, 2.05) is 0 Å². The summed E-state index contributed by atoms with van der Waals surface area (Å²) in [5.41, 5.74) is 0. The zero-order valence-corrected chi connectivity index (χ0v) is 6.65. The van der Waals surface area contributed by atoms with E-state index in [-0.39, 0.29) is 6.61 Å². The van der Waals surface area contributed by atoms with Gasteiger partial charge < -0.3 is 0 Å². The summed E-state index contributed by atoms with van der Waals surface area (Å²) in [7, 11) is -4.17. The Labute approximate surface area is 61.8 Å². The van der Waals surface area contributed by atoms with Crippen LogP contribution in [-0.4, -0.2) is 28.0 Å². The van der Waals surface area contributed by atoms with Crippen LogP contribution < -0.4 is 0 Å². The van der Waals surface area contributed by atoms with E-state index in [2.05, 4.69) is 4.18 Å². The fourth-order valence-corrected chi connectivity index (χ4v) is 0.447. The molecule has 0 atom stereocenters. The summed E-state index contributed by atoms with van der Waals surface area (Å²) in [5, 5.41) is 0. The maximum atomic E-state index is 9.56. The molecule has 0 amide bonds. The Kier molecular flexibility index (Phi) is 8.42. The van der Waals surface area contributed by atoms with Crippen molar-refractivity contribution in [3.63, 3.8) is 0 Å². The fourth-order valence-electron chi connectivity index (χ4n) is 0.149. The van der Waals surface area contributed by atoms with Gasteiger partial charge in [-0.15, -0.1) is 0 Å². The van der Waals surface area contributed by atoms with Crippen LogP contribution >= 0.6 is 0 Å². The molecule has 8 heteroatoms. The van der Waals surface area contributed by atoms with Gasteiger partial charge >= 0.3 is 22.0 Å². The summed E-state index contributed by atoms with van der Waals surface area (Å²) in [6.45, 7) is 1.44. The minimum Gasteiger partial charge on any atom is -0.264 e. The average Bonchev–Trinajstić information content (AvgIpc) is 1.63. The molecule has 62 valence electrons. The molecule has 0 aliphatic rings. The van der Waals surface area contributed by atoms with Crippen molar-refractivity contribution < 1.29 is 25.6 Å². The Morgan fingerprint density at radius 3 is 1.80 bits per heavy atom. The standard InChI is InChI=1S/C2H6O4S.O2S/c1-2-6-7(3,4)5;1-3-2/h2H2,1H3,(H,3,4,5);. The molecule has 0 unspecified atom stereocenters. The van der Waals surface area contributed by atoms with E-state index < -0.39 is 22.0 Å². The lowest BCUT2D eigenvalue weighted by atomic mass is 10.9. The third-order valence-corrected chi connectivity index (χ3v) is 0.800. The highest BCUT2D eigenvalue weighted by molar-refractivity contribution is 7.80. The van der Waals surface area contributed by atoms with E-state index in [9.17, 15) is 8.42 Å². The van der Waals surface area contributed by atoms with Gasteiger partial charge in [-0.3, -0.25) is 4.55 Å². The number of hydrogen-bond acceptors (Lipinski definition) is 5. The van der Waals surface area contributed by atoms with E-state index in [0.29, 0.717) is 0 Å². The predicted molar refractivity (Wildman–Crippen MR) is 32.1 cm³/mol. The molecule has 0 fully saturated rings. The molecule has 0 aromatic carbocycles. The van der Waals surface area contributed by atoms with E-state index in [1.54, 1.807) is 0 Å². The summed E-state index contributed by atoms with van der Waals surface area (Å²) in [6, 6.07) is 0. The highest BCUT2D eigenvalue weighted by Crippen LogP contribution is 1.81. The second-order valence-electron chi connectivity index (χ2n) is 0.902. The molecule has 0 aromatic rings. The van der Waals surface area contributed by atoms with Crippen LogP contribution in [0.1, 0.15) is 6.92 Å². The van der Waals surface area contributed by atoms with E-state index in [1.165, 1.54) is 6.92 Å². The molecule has 0 saturated heterocycles. The quantitative estimate of drug-likeness (QED) is 0.570. The van der Waals surface area contributed by atoms with E-state index in [4.69, 9.17) is 13.0 Å². The first-order valence-electron chi connectivity index (χ1n) is 2.01. The maximum Gasteiger partial charge on any atom is 0.397 e. The first-order valence-corrected chi connectivity index (χ1v) is 4.04. The molecule has 0 aliphatic carbocycles. The lowest BCUT2D eigenvalue weighted by Gasteiger charge is -1.88. The summed E-state index contributed by atoms with van der Waals surface area (Å²) in [4.78, 5) is 0. The van der Waals surface area contributed by atoms with Crippen molar-refractivity contribution >= 4 is 22.0 Å². The second-order valence-corrected chi connectivity index (χ2v) is 2.13. The van der Waals surface area contributed by atoms with Crippen LogP contribution in [0.25, 0.3) is 0 Å². The topological polar surface area (TPSA) is 97.7 Å². The van der Waals surface area contributed by atoms with Crippen molar-refractivity contribution in [2.75, 3.05) is 6.61 Å². The van der Waals surface area contributed by atoms with Crippen molar-refractivity contribution in [3.8, 4) is 0 Å². The third kappa shape index (κ3) is 25.3. The molecular formula is C2H6O6S2. The molecule has 0 saturated carbocycles. The van der Waals surface area contributed by atoms with Gasteiger partial charge in [-0.1, -0.05) is 0 Å². The molecule has 0 aliphatic heterocycles. The Hall–Kier alpha value is -0.310. The van der Waals surface area contributed by atoms with Gasteiger partial charge in [-0.05, 0) is 6.92 Å². The van der Waals surface area contributed by atoms with Crippen molar-refractivity contribution in [2.45, 2.75) is 6.92 Å². The predicted octanol–water partition coefficient (Wildman–Crippen LogP) is -0.844. The van der Waals surface area contributed by atoms with Gasteiger partial charge in [0.2, 0.25) is 0 Å². The smallest absolute Gasteiger partial charge is 0.264 e. The van der Waals surface area contributed by atoms with Crippen LogP contribution in [0, 0.1) is 0 Å². The largest absolute Gasteiger partial charge is 0.397 e. The molecule has 0 rings (SSSR count). The highest BCUT2D eigenvalue weighted by Gasteiger charge is 1.98. The van der Waals surface area contributed by atoms with Gasteiger partial charge in [0.15, 0.2) is 0 Å². The van der Waals surface area contributed by atoms with Crippen molar-refractivity contribution in [1.82, 2.24) is 0 Å². The van der Waals surface area contributed by atoms with Gasteiger partial charge in [-0.2, -0.15) is 16.8 Å². The maximum absolute atomic E-state index is 9.56. The van der Waals surface area contributed by atoms with Gasteiger partial charge in [0, 0.05) is 0 Å². The lowest BCUT2D eigenvalue weighted by Crippen LogP contribution is -2.01. The van der Waals surface area contributed by atoms with E-state index in [0.717, 1.165) is 0 Å². The van der Waals surface area contributed by atoms with Crippen molar-refractivity contribution in [1.29, 1.82) is 0 Å². The van der Waals surface area contributed by atoms with Crippen molar-refractivity contribution in [2.24, 2.45) is 0 Å². The summed E-state index contributed by atoms with van der Waals surface area (Å²) in [5.74, 6) is 0. The van der Waals surface area contributed by atoms with E-state index >= 15 is 0 Å². The molecule has 0 bridgehead atoms. The Morgan fingerprint density at radius 2 is 1.80 bits per heavy atom. The molecule has 0 aromatic heterocycles. The highest BCUT2D eigenvalue weighted by atomic mass is 32.3. The Bertz CT molecular complexity index is 186. The van der Waals surface area contributed by atoms with Crippen LogP contribution in [0.4, 0.5) is 0 Å². The zero-order valence-electron chi connectivity index (χ0n) is 5.01. The van der Waals surface area contributed by atoms with Gasteiger partial charge in [0.05, 0.1) is 6.61 Å². The fraction of sp³-hybridized carbons (Fsp3) is 1.00. The van der Waals surface area contributed by atoms with Crippen molar-refractivity contribution in [3.05, 3.63) is 0 Å². The molecule has 0 heterocycles. The third-order valence-electron chi connectivity index (χ3n) is 0.267. The Balaban J connectivity index is 0. The SMILES string of the molecule is CCOS(=O)(=O)O.O=S=O. The van der Waals surface area contributed by atoms with Crippen LogP contribution in [0.5, 0.6) is 0 Å². The van der Waals surface area contributed by atoms with Crippen LogP contribution in [-0.2, 0) is 26.2 Å². The normalized spacial score (nSPS) is 9.40. The molecule has 10 heavy (non-hydrogen) atoms.